The summed E-state index contributed by atoms with van der Waals surface area (Å²) in [6.45, 7) is 0. The van der Waals surface area contributed by atoms with Crippen molar-refractivity contribution in [3.8, 4) is 5.88 Å². The maximum absolute atomic E-state index is 12.7. The van der Waals surface area contributed by atoms with Crippen LogP contribution in [0.3, 0.4) is 0 Å². The van der Waals surface area contributed by atoms with E-state index in [4.69, 9.17) is 10.5 Å². The third-order valence-corrected chi connectivity index (χ3v) is 5.35. The van der Waals surface area contributed by atoms with Gasteiger partial charge in [0.15, 0.2) is 0 Å². The van der Waals surface area contributed by atoms with E-state index < -0.39 is 11.9 Å². The van der Waals surface area contributed by atoms with Crippen LogP contribution in [0, 0.1) is 0 Å². The van der Waals surface area contributed by atoms with Gasteiger partial charge in [0.25, 0.3) is 11.8 Å². The second-order valence-corrected chi connectivity index (χ2v) is 7.26. The number of aromatic amines is 1. The second-order valence-electron chi connectivity index (χ2n) is 7.26. The Morgan fingerprint density at radius 3 is 2.76 bits per heavy atom. The number of nitrogens with one attached hydrogen (secondary N) is 2. The van der Waals surface area contributed by atoms with Gasteiger partial charge in [-0.05, 0) is 37.8 Å². The van der Waals surface area contributed by atoms with Crippen LogP contribution in [-0.4, -0.2) is 55.9 Å². The molecule has 2 fully saturated rings. The molecule has 1 atom stereocenters. The van der Waals surface area contributed by atoms with Crippen molar-refractivity contribution >= 4 is 17.8 Å². The van der Waals surface area contributed by atoms with E-state index in [1.807, 2.05) is 0 Å². The molecule has 0 radical (unpaired) electrons. The van der Waals surface area contributed by atoms with Crippen molar-refractivity contribution in [3.63, 3.8) is 0 Å². The molecule has 4 rings (SSSR count). The Morgan fingerprint density at radius 1 is 1.28 bits per heavy atom. The summed E-state index contributed by atoms with van der Waals surface area (Å²) in [5.41, 5.74) is 6.40. The van der Waals surface area contributed by atoms with Gasteiger partial charge < -0.3 is 20.8 Å². The average Bonchev–Trinajstić information content (AvgIpc) is 3.31. The number of primary amides is 1. The van der Waals surface area contributed by atoms with Crippen molar-refractivity contribution in [3.05, 3.63) is 42.1 Å². The van der Waals surface area contributed by atoms with Gasteiger partial charge in [-0.1, -0.05) is 0 Å². The number of hydrogen-bond acceptors (Lipinski definition) is 6. The molecule has 4 N–H and O–H groups in total. The standard InChI is InChI=1S/C19H22N6O4/c20-16(26)14-2-1-7-22-17(14)29-13-5-3-12(4-6-13)25-18(27)15(24-19(25)28)8-11-9-21-10-23-11/h1-2,7,9-10,12-13,15H,3-6,8H2,(H2,20,26)(H,21,23)(H,24,28). The minimum Gasteiger partial charge on any atom is -0.474 e. The minimum atomic E-state index is -0.593. The highest BCUT2D eigenvalue weighted by atomic mass is 16.5. The van der Waals surface area contributed by atoms with Crippen LogP contribution in [-0.2, 0) is 11.2 Å². The number of H-pyrrole nitrogens is 1. The van der Waals surface area contributed by atoms with Crippen LogP contribution < -0.4 is 15.8 Å². The fourth-order valence-corrected chi connectivity index (χ4v) is 3.90. The fraction of sp³-hybridized carbons (Fsp3) is 0.421. The highest BCUT2D eigenvalue weighted by Gasteiger charge is 2.43. The van der Waals surface area contributed by atoms with Crippen LogP contribution in [0.1, 0.15) is 41.7 Å². The number of carbonyl (C=O) groups excluding carboxylic acids is 3. The lowest BCUT2D eigenvalue weighted by Crippen LogP contribution is -2.44. The number of pyridine rings is 1. The average molecular weight is 398 g/mol. The molecule has 1 unspecified atom stereocenters. The Balaban J connectivity index is 1.35. The predicted molar refractivity (Wildman–Crippen MR) is 101 cm³/mol. The summed E-state index contributed by atoms with van der Waals surface area (Å²) in [5.74, 6) is -0.586. The molecule has 2 aromatic heterocycles. The Bertz CT molecular complexity index is 907. The zero-order valence-corrected chi connectivity index (χ0v) is 15.7. The van der Waals surface area contributed by atoms with Gasteiger partial charge in [0.2, 0.25) is 5.88 Å². The Kier molecular flexibility index (Phi) is 5.15. The largest absolute Gasteiger partial charge is 0.474 e. The number of urea groups is 1. The molecule has 10 heteroatoms. The van der Waals surface area contributed by atoms with E-state index in [2.05, 4.69) is 20.3 Å². The van der Waals surface area contributed by atoms with Gasteiger partial charge in [-0.2, -0.15) is 0 Å². The quantitative estimate of drug-likeness (QED) is 0.613. The van der Waals surface area contributed by atoms with Crippen molar-refractivity contribution in [2.75, 3.05) is 0 Å². The van der Waals surface area contributed by atoms with Crippen LogP contribution >= 0.6 is 0 Å². The third-order valence-electron chi connectivity index (χ3n) is 5.35. The summed E-state index contributed by atoms with van der Waals surface area (Å²) in [7, 11) is 0. The molecule has 1 saturated heterocycles. The van der Waals surface area contributed by atoms with Gasteiger partial charge >= 0.3 is 6.03 Å². The van der Waals surface area contributed by atoms with Crippen LogP contribution in [0.2, 0.25) is 0 Å². The molecule has 10 nitrogen and oxygen atoms in total. The first-order valence-corrected chi connectivity index (χ1v) is 9.55. The molecular formula is C19H22N6O4. The van der Waals surface area contributed by atoms with Crippen LogP contribution in [0.15, 0.2) is 30.9 Å². The maximum atomic E-state index is 12.7. The Labute approximate surface area is 166 Å². The van der Waals surface area contributed by atoms with Gasteiger partial charge in [0.05, 0.1) is 6.33 Å². The predicted octanol–water partition coefficient (Wildman–Crippen LogP) is 0.757. The smallest absolute Gasteiger partial charge is 0.325 e. The van der Waals surface area contributed by atoms with Crippen molar-refractivity contribution in [1.82, 2.24) is 25.2 Å². The summed E-state index contributed by atoms with van der Waals surface area (Å²) in [6, 6.07) is 2.09. The van der Waals surface area contributed by atoms with Gasteiger partial charge in [0.1, 0.15) is 17.7 Å². The molecule has 0 aromatic carbocycles. The first-order chi connectivity index (χ1) is 14.0. The van der Waals surface area contributed by atoms with Gasteiger partial charge in [-0.15, -0.1) is 0 Å². The lowest BCUT2D eigenvalue weighted by molar-refractivity contribution is -0.129. The van der Waals surface area contributed by atoms with Crippen LogP contribution in [0.4, 0.5) is 4.79 Å². The normalized spacial score (nSPS) is 24.4. The van der Waals surface area contributed by atoms with Gasteiger partial charge in [0, 0.05) is 30.6 Å². The van der Waals surface area contributed by atoms with Crippen molar-refractivity contribution < 1.29 is 19.1 Å². The SMILES string of the molecule is NC(=O)c1cccnc1OC1CCC(N2C(=O)NC(Cc3cnc[nH]3)C2=O)CC1. The van der Waals surface area contributed by atoms with E-state index in [9.17, 15) is 14.4 Å². The zero-order chi connectivity index (χ0) is 20.4. The molecule has 0 spiro atoms. The number of hydrogen-bond donors (Lipinski definition) is 3. The third kappa shape index (κ3) is 3.91. The van der Waals surface area contributed by atoms with E-state index >= 15 is 0 Å². The molecule has 2 aliphatic rings. The first-order valence-electron chi connectivity index (χ1n) is 9.55. The molecule has 1 aliphatic carbocycles. The number of imide groups is 1. The molecule has 29 heavy (non-hydrogen) atoms. The Morgan fingerprint density at radius 2 is 2.07 bits per heavy atom. The minimum absolute atomic E-state index is 0.152. The Hall–Kier alpha value is -3.43. The number of aromatic nitrogens is 3. The molecule has 4 amide bonds. The topological polar surface area (TPSA) is 143 Å². The van der Waals surface area contributed by atoms with Crippen molar-refractivity contribution in [1.29, 1.82) is 0 Å². The maximum Gasteiger partial charge on any atom is 0.325 e. The highest BCUT2D eigenvalue weighted by molar-refractivity contribution is 6.04. The summed E-state index contributed by atoms with van der Waals surface area (Å²) in [4.78, 5) is 49.0. The zero-order valence-electron chi connectivity index (χ0n) is 15.7. The fourth-order valence-electron chi connectivity index (χ4n) is 3.90. The van der Waals surface area contributed by atoms with Gasteiger partial charge in [-0.25, -0.2) is 14.8 Å². The van der Waals surface area contributed by atoms with Crippen LogP contribution in [0.5, 0.6) is 5.88 Å². The number of carbonyl (C=O) groups is 3. The lowest BCUT2D eigenvalue weighted by atomic mass is 9.91. The number of imidazole rings is 1. The lowest BCUT2D eigenvalue weighted by Gasteiger charge is -2.33. The molecule has 3 heterocycles. The molecular weight excluding hydrogens is 376 g/mol. The summed E-state index contributed by atoms with van der Waals surface area (Å²) in [6.07, 6.45) is 7.49. The van der Waals surface area contributed by atoms with E-state index in [-0.39, 0.29) is 35.5 Å². The monoisotopic (exact) mass is 398 g/mol. The van der Waals surface area contributed by atoms with E-state index in [0.29, 0.717) is 32.1 Å². The number of nitrogens with two attached hydrogens (primary N) is 1. The van der Waals surface area contributed by atoms with Crippen LogP contribution in [0.25, 0.3) is 0 Å². The summed E-state index contributed by atoms with van der Waals surface area (Å²) >= 11 is 0. The summed E-state index contributed by atoms with van der Waals surface area (Å²) in [5, 5.41) is 2.76. The molecule has 1 saturated carbocycles. The molecule has 1 aliphatic heterocycles. The highest BCUT2D eigenvalue weighted by Crippen LogP contribution is 2.29. The van der Waals surface area contributed by atoms with E-state index in [1.54, 1.807) is 30.9 Å². The number of rotatable bonds is 6. The number of ether oxygens (including phenoxy) is 1. The van der Waals surface area contributed by atoms with Crippen molar-refractivity contribution in [2.24, 2.45) is 5.73 Å². The number of nitrogens with zero attached hydrogens (tertiary/aromatic N) is 3. The molecule has 152 valence electrons. The first kappa shape index (κ1) is 18.9. The second kappa shape index (κ2) is 7.90. The van der Waals surface area contributed by atoms with Crippen molar-refractivity contribution in [2.45, 2.75) is 50.3 Å². The van der Waals surface area contributed by atoms with E-state index in [0.717, 1.165) is 5.69 Å². The summed E-state index contributed by atoms with van der Waals surface area (Å²) < 4.78 is 5.88. The molecule has 2 aromatic rings. The van der Waals surface area contributed by atoms with Gasteiger partial charge in [-0.3, -0.25) is 14.5 Å². The number of amides is 4. The van der Waals surface area contributed by atoms with E-state index in [1.165, 1.54) is 4.90 Å². The molecule has 0 bridgehead atoms.